The van der Waals surface area contributed by atoms with Gasteiger partial charge in [-0.3, -0.25) is 9.00 Å². The van der Waals surface area contributed by atoms with Crippen molar-refractivity contribution in [3.05, 3.63) is 35.4 Å². The normalized spacial score (nSPS) is 13.1. The Morgan fingerprint density at radius 2 is 2.16 bits per heavy atom. The lowest BCUT2D eigenvalue weighted by Gasteiger charge is -2.14. The first-order chi connectivity index (χ1) is 8.84. The summed E-state index contributed by atoms with van der Waals surface area (Å²) in [6, 6.07) is 6.40. The fourth-order valence-electron chi connectivity index (χ4n) is 1.42. The third-order valence-corrected chi connectivity index (χ3v) is 3.11. The van der Waals surface area contributed by atoms with E-state index in [1.165, 1.54) is 12.1 Å². The van der Waals surface area contributed by atoms with E-state index in [-0.39, 0.29) is 5.56 Å². The first kappa shape index (κ1) is 15.7. The van der Waals surface area contributed by atoms with Crippen LogP contribution in [0.1, 0.15) is 15.9 Å². The summed E-state index contributed by atoms with van der Waals surface area (Å²) in [6.07, 6.45) is 1.55. The van der Waals surface area contributed by atoms with Crippen molar-refractivity contribution >= 4 is 16.7 Å². The Morgan fingerprint density at radius 1 is 1.47 bits per heavy atom. The van der Waals surface area contributed by atoms with Crippen molar-refractivity contribution in [1.29, 1.82) is 0 Å². The van der Waals surface area contributed by atoms with Gasteiger partial charge < -0.3 is 11.1 Å². The maximum absolute atomic E-state index is 12.9. The van der Waals surface area contributed by atoms with Gasteiger partial charge in [0.05, 0.1) is 13.1 Å². The maximum atomic E-state index is 12.9. The molecule has 0 bridgehead atoms. The fourth-order valence-corrected chi connectivity index (χ4v) is 2.07. The largest absolute Gasteiger partial charge is 0.346 e. The first-order valence-electron chi connectivity index (χ1n) is 5.59. The van der Waals surface area contributed by atoms with Crippen LogP contribution in [0.15, 0.2) is 24.3 Å². The number of hydrogen-bond donors (Lipinski definition) is 2. The molecule has 1 aromatic carbocycles. The molecule has 0 fully saturated rings. The molecular weight excluding hydrogens is 274 g/mol. The molecule has 1 unspecified atom stereocenters. The van der Waals surface area contributed by atoms with Gasteiger partial charge in [0.25, 0.3) is 11.8 Å². The van der Waals surface area contributed by atoms with Gasteiger partial charge in [-0.05, 0) is 17.7 Å². The minimum absolute atomic E-state index is 0.260. The molecule has 0 radical (unpaired) electrons. The summed E-state index contributed by atoms with van der Waals surface area (Å²) in [5.74, 6) is -3.39. The van der Waals surface area contributed by atoms with E-state index in [0.29, 0.717) is 5.75 Å². The van der Waals surface area contributed by atoms with Crippen LogP contribution < -0.4 is 11.1 Å². The second-order valence-electron chi connectivity index (χ2n) is 4.16. The monoisotopic (exact) mass is 290 g/mol. The molecule has 19 heavy (non-hydrogen) atoms. The summed E-state index contributed by atoms with van der Waals surface area (Å²) in [6.45, 7) is -1.62. The lowest BCUT2D eigenvalue weighted by atomic mass is 10.1. The summed E-state index contributed by atoms with van der Waals surface area (Å²) < 4.78 is 36.9. The van der Waals surface area contributed by atoms with Crippen molar-refractivity contribution in [1.82, 2.24) is 5.32 Å². The number of alkyl halides is 2. The van der Waals surface area contributed by atoms with Crippen molar-refractivity contribution in [2.24, 2.45) is 5.73 Å². The quantitative estimate of drug-likeness (QED) is 0.817. The van der Waals surface area contributed by atoms with Gasteiger partial charge >= 0.3 is 0 Å². The van der Waals surface area contributed by atoms with Crippen LogP contribution >= 0.6 is 0 Å². The molecule has 1 rings (SSSR count). The number of nitrogens with one attached hydrogen (secondary N) is 1. The summed E-state index contributed by atoms with van der Waals surface area (Å²) >= 11 is 0. The molecule has 0 saturated heterocycles. The van der Waals surface area contributed by atoms with Crippen LogP contribution in [0, 0.1) is 0 Å². The van der Waals surface area contributed by atoms with Gasteiger partial charge in [-0.2, -0.15) is 0 Å². The number of carbonyl (C=O) groups excluding carboxylic acids is 1. The van der Waals surface area contributed by atoms with E-state index in [4.69, 9.17) is 5.73 Å². The van der Waals surface area contributed by atoms with Crippen LogP contribution in [-0.4, -0.2) is 35.4 Å². The molecule has 0 saturated carbocycles. The van der Waals surface area contributed by atoms with Crippen LogP contribution in [0.4, 0.5) is 8.78 Å². The van der Waals surface area contributed by atoms with Crippen molar-refractivity contribution in [3.8, 4) is 0 Å². The number of halogens is 2. The number of carbonyl (C=O) groups is 1. The molecular formula is C12H16F2N2O2S. The fraction of sp³-hybridized carbons (Fsp3) is 0.417. The Kier molecular flexibility index (Phi) is 5.56. The van der Waals surface area contributed by atoms with E-state index in [0.717, 1.165) is 5.56 Å². The SMILES string of the molecule is CS(=O)Cc1cccc(C(=O)NCC(F)(F)CN)c1. The molecule has 0 aliphatic carbocycles. The molecule has 4 nitrogen and oxygen atoms in total. The minimum Gasteiger partial charge on any atom is -0.346 e. The predicted octanol–water partition coefficient (Wildman–Crippen LogP) is 0.889. The molecule has 3 N–H and O–H groups in total. The summed E-state index contributed by atoms with van der Waals surface area (Å²) in [5.41, 5.74) is 5.86. The predicted molar refractivity (Wildman–Crippen MR) is 70.5 cm³/mol. The number of benzene rings is 1. The lowest BCUT2D eigenvalue weighted by Crippen LogP contribution is -2.41. The average Bonchev–Trinajstić information content (AvgIpc) is 2.35. The summed E-state index contributed by atoms with van der Waals surface area (Å²) in [7, 11) is -1.03. The summed E-state index contributed by atoms with van der Waals surface area (Å²) in [5, 5.41) is 2.13. The molecule has 0 aromatic heterocycles. The topological polar surface area (TPSA) is 72.2 Å². The van der Waals surface area contributed by atoms with Gasteiger partial charge in [0.2, 0.25) is 0 Å². The van der Waals surface area contributed by atoms with Gasteiger partial charge in [0, 0.05) is 28.4 Å². The number of rotatable bonds is 6. The second kappa shape index (κ2) is 6.72. The number of hydrogen-bond acceptors (Lipinski definition) is 3. The van der Waals surface area contributed by atoms with Crippen molar-refractivity contribution in [2.75, 3.05) is 19.3 Å². The highest BCUT2D eigenvalue weighted by Crippen LogP contribution is 2.11. The molecule has 0 aliphatic rings. The van der Waals surface area contributed by atoms with Gasteiger partial charge in [-0.15, -0.1) is 0 Å². The Morgan fingerprint density at radius 3 is 2.74 bits per heavy atom. The zero-order valence-electron chi connectivity index (χ0n) is 10.5. The average molecular weight is 290 g/mol. The number of amides is 1. The van der Waals surface area contributed by atoms with E-state index in [9.17, 15) is 17.8 Å². The Hall–Kier alpha value is -1.34. The van der Waals surface area contributed by atoms with Gasteiger partial charge in [0.15, 0.2) is 0 Å². The first-order valence-corrected chi connectivity index (χ1v) is 7.32. The smallest absolute Gasteiger partial charge is 0.277 e. The molecule has 1 aromatic rings. The van der Waals surface area contributed by atoms with E-state index >= 15 is 0 Å². The summed E-state index contributed by atoms with van der Waals surface area (Å²) in [4.78, 5) is 11.7. The molecule has 0 aliphatic heterocycles. The Balaban J connectivity index is 2.69. The third kappa shape index (κ3) is 5.44. The molecule has 0 spiro atoms. The van der Waals surface area contributed by atoms with Gasteiger partial charge in [0.1, 0.15) is 0 Å². The highest BCUT2D eigenvalue weighted by atomic mass is 32.2. The minimum atomic E-state index is -3.11. The van der Waals surface area contributed by atoms with Crippen molar-refractivity contribution in [2.45, 2.75) is 11.7 Å². The Labute approximate surface area is 112 Å². The van der Waals surface area contributed by atoms with Crippen LogP contribution in [0.2, 0.25) is 0 Å². The van der Waals surface area contributed by atoms with Crippen LogP contribution in [0.25, 0.3) is 0 Å². The molecule has 106 valence electrons. The molecule has 7 heteroatoms. The lowest BCUT2D eigenvalue weighted by molar-refractivity contribution is 0.0118. The second-order valence-corrected chi connectivity index (χ2v) is 5.60. The third-order valence-electron chi connectivity index (χ3n) is 2.37. The van der Waals surface area contributed by atoms with E-state index in [2.05, 4.69) is 5.32 Å². The van der Waals surface area contributed by atoms with Crippen LogP contribution in [-0.2, 0) is 16.6 Å². The van der Waals surface area contributed by atoms with Crippen molar-refractivity contribution in [3.63, 3.8) is 0 Å². The Bertz CT molecular complexity index is 481. The molecule has 1 amide bonds. The molecule has 0 heterocycles. The zero-order chi connectivity index (χ0) is 14.5. The van der Waals surface area contributed by atoms with E-state index in [1.807, 2.05) is 0 Å². The standard InChI is InChI=1S/C12H16F2N2O2S/c1-19(18)6-9-3-2-4-10(5-9)11(17)16-8-12(13,14)7-15/h2-5H,6-8,15H2,1H3,(H,16,17). The highest BCUT2D eigenvalue weighted by molar-refractivity contribution is 7.83. The molecule has 1 atom stereocenters. The van der Waals surface area contributed by atoms with Crippen LogP contribution in [0.3, 0.4) is 0 Å². The van der Waals surface area contributed by atoms with Gasteiger partial charge in [-0.25, -0.2) is 8.78 Å². The highest BCUT2D eigenvalue weighted by Gasteiger charge is 2.27. The van der Waals surface area contributed by atoms with Crippen molar-refractivity contribution < 1.29 is 17.8 Å². The van der Waals surface area contributed by atoms with E-state index < -0.39 is 35.7 Å². The van der Waals surface area contributed by atoms with E-state index in [1.54, 1.807) is 18.4 Å². The zero-order valence-corrected chi connectivity index (χ0v) is 11.3. The van der Waals surface area contributed by atoms with Gasteiger partial charge in [-0.1, -0.05) is 12.1 Å². The van der Waals surface area contributed by atoms with Crippen LogP contribution in [0.5, 0.6) is 0 Å². The maximum Gasteiger partial charge on any atom is 0.277 e. The number of nitrogens with two attached hydrogens (primary N) is 1.